The topological polar surface area (TPSA) is 63.5 Å². The minimum Gasteiger partial charge on any atom is -0.459 e. The molecule has 1 amide bonds. The van der Waals surface area contributed by atoms with Crippen LogP contribution in [-0.2, 0) is 4.74 Å². The maximum atomic E-state index is 14.0. The first kappa shape index (κ1) is 14.6. The number of amides is 1. The van der Waals surface area contributed by atoms with E-state index in [-0.39, 0.29) is 11.9 Å². The van der Waals surface area contributed by atoms with Crippen LogP contribution >= 0.6 is 0 Å². The highest BCUT2D eigenvalue weighted by molar-refractivity contribution is 6.02. The van der Waals surface area contributed by atoms with Crippen LogP contribution in [0.25, 0.3) is 0 Å². The molecular weight excluding hydrogens is 287 g/mol. The van der Waals surface area contributed by atoms with Crippen LogP contribution in [0.1, 0.15) is 23.4 Å². The van der Waals surface area contributed by atoms with Crippen LogP contribution in [0.3, 0.4) is 0 Å². The highest BCUT2D eigenvalue weighted by Crippen LogP contribution is 2.21. The second-order valence-corrected chi connectivity index (χ2v) is 5.14. The Morgan fingerprint density at radius 3 is 2.95 bits per heavy atom. The molecule has 22 heavy (non-hydrogen) atoms. The fourth-order valence-corrected chi connectivity index (χ4v) is 2.37. The molecule has 0 radical (unpaired) electrons. The molecule has 1 aromatic heterocycles. The van der Waals surface area contributed by atoms with E-state index in [9.17, 15) is 9.18 Å². The third-order valence-corrected chi connectivity index (χ3v) is 3.52. The molecule has 5 nitrogen and oxygen atoms in total. The van der Waals surface area contributed by atoms with E-state index in [1.165, 1.54) is 12.3 Å². The van der Waals surface area contributed by atoms with Gasteiger partial charge in [-0.3, -0.25) is 4.79 Å². The van der Waals surface area contributed by atoms with Gasteiger partial charge in [-0.25, -0.2) is 4.39 Å². The summed E-state index contributed by atoms with van der Waals surface area (Å²) < 4.78 is 24.5. The molecule has 0 saturated carbocycles. The van der Waals surface area contributed by atoms with Gasteiger partial charge in [-0.05, 0) is 43.2 Å². The third kappa shape index (κ3) is 3.46. The van der Waals surface area contributed by atoms with Gasteiger partial charge in [0, 0.05) is 18.8 Å². The van der Waals surface area contributed by atoms with Gasteiger partial charge >= 0.3 is 0 Å². The summed E-state index contributed by atoms with van der Waals surface area (Å²) in [6.07, 6.45) is 3.59. The first-order valence-electron chi connectivity index (χ1n) is 7.22. The van der Waals surface area contributed by atoms with E-state index in [1.54, 1.807) is 24.3 Å². The van der Waals surface area contributed by atoms with Crippen LogP contribution in [0.5, 0.6) is 0 Å². The molecule has 1 unspecified atom stereocenters. The van der Waals surface area contributed by atoms with Gasteiger partial charge in [-0.1, -0.05) is 0 Å². The molecule has 116 valence electrons. The van der Waals surface area contributed by atoms with Crippen LogP contribution in [0, 0.1) is 5.82 Å². The molecule has 1 aliphatic rings. The van der Waals surface area contributed by atoms with E-state index in [0.29, 0.717) is 17.9 Å². The Balaban J connectivity index is 1.60. The zero-order valence-electron chi connectivity index (χ0n) is 12.0. The van der Waals surface area contributed by atoms with Crippen molar-refractivity contribution < 1.29 is 18.3 Å². The average molecular weight is 304 g/mol. The van der Waals surface area contributed by atoms with Crippen molar-refractivity contribution in [3.63, 3.8) is 0 Å². The largest absolute Gasteiger partial charge is 0.459 e. The Morgan fingerprint density at radius 2 is 2.27 bits per heavy atom. The number of ether oxygens (including phenoxy) is 1. The smallest absolute Gasteiger partial charge is 0.291 e. The third-order valence-electron chi connectivity index (χ3n) is 3.52. The summed E-state index contributed by atoms with van der Waals surface area (Å²) >= 11 is 0. The second-order valence-electron chi connectivity index (χ2n) is 5.14. The molecule has 1 saturated heterocycles. The maximum absolute atomic E-state index is 14.0. The first-order valence-corrected chi connectivity index (χ1v) is 7.22. The van der Waals surface area contributed by atoms with Crippen molar-refractivity contribution in [2.45, 2.75) is 18.9 Å². The summed E-state index contributed by atoms with van der Waals surface area (Å²) in [5.41, 5.74) is 0.771. The number of halogens is 1. The van der Waals surface area contributed by atoms with Gasteiger partial charge in [0.15, 0.2) is 5.76 Å². The van der Waals surface area contributed by atoms with E-state index in [4.69, 9.17) is 9.15 Å². The van der Waals surface area contributed by atoms with Crippen molar-refractivity contribution in [2.75, 3.05) is 23.8 Å². The molecule has 0 bridgehead atoms. The van der Waals surface area contributed by atoms with Crippen molar-refractivity contribution in [3.05, 3.63) is 48.2 Å². The lowest BCUT2D eigenvalue weighted by molar-refractivity contribution is 0.0996. The number of hydrogen-bond acceptors (Lipinski definition) is 4. The number of hydrogen-bond donors (Lipinski definition) is 2. The van der Waals surface area contributed by atoms with E-state index in [2.05, 4.69) is 10.6 Å². The molecule has 6 heteroatoms. The lowest BCUT2D eigenvalue weighted by Gasteiger charge is -2.13. The van der Waals surface area contributed by atoms with Crippen molar-refractivity contribution >= 4 is 17.3 Å². The normalized spacial score (nSPS) is 17.4. The van der Waals surface area contributed by atoms with Gasteiger partial charge in [-0.15, -0.1) is 0 Å². The number of carbonyl (C=O) groups excluding carboxylic acids is 1. The molecule has 0 aliphatic carbocycles. The summed E-state index contributed by atoms with van der Waals surface area (Å²) in [4.78, 5) is 11.8. The summed E-state index contributed by atoms with van der Waals surface area (Å²) in [6, 6.07) is 7.68. The summed E-state index contributed by atoms with van der Waals surface area (Å²) in [7, 11) is 0. The molecule has 1 fully saturated rings. The molecule has 0 spiro atoms. The Morgan fingerprint density at radius 1 is 1.36 bits per heavy atom. The van der Waals surface area contributed by atoms with Crippen molar-refractivity contribution in [1.29, 1.82) is 0 Å². The Hall–Kier alpha value is -2.34. The number of rotatable bonds is 5. The van der Waals surface area contributed by atoms with E-state index in [0.717, 1.165) is 19.4 Å². The Kier molecular flexibility index (Phi) is 4.39. The Labute approximate surface area is 127 Å². The fourth-order valence-electron chi connectivity index (χ4n) is 2.37. The van der Waals surface area contributed by atoms with Gasteiger partial charge in [0.2, 0.25) is 0 Å². The van der Waals surface area contributed by atoms with Gasteiger partial charge in [-0.2, -0.15) is 0 Å². The summed E-state index contributed by atoms with van der Waals surface area (Å²) in [5, 5.41) is 5.62. The molecule has 1 atom stereocenters. The average Bonchev–Trinajstić information content (AvgIpc) is 3.20. The predicted octanol–water partition coefficient (Wildman–Crippen LogP) is 3.26. The van der Waals surface area contributed by atoms with Crippen LogP contribution in [0.15, 0.2) is 41.0 Å². The second kappa shape index (κ2) is 6.62. The van der Waals surface area contributed by atoms with Crippen LogP contribution in [0.4, 0.5) is 15.8 Å². The van der Waals surface area contributed by atoms with Gasteiger partial charge < -0.3 is 19.8 Å². The molecule has 2 heterocycles. The Bertz CT molecular complexity index is 637. The van der Waals surface area contributed by atoms with Crippen LogP contribution in [-0.4, -0.2) is 25.2 Å². The number of nitrogens with one attached hydrogen (secondary N) is 2. The lowest BCUT2D eigenvalue weighted by Crippen LogP contribution is -2.19. The molecular formula is C16H17FN2O3. The summed E-state index contributed by atoms with van der Waals surface area (Å²) in [6.45, 7) is 1.35. The standard InChI is InChI=1S/C16H17FN2O3/c17-13-9-11(19-16(20)15-4-2-8-22-15)5-6-14(13)18-10-12-3-1-7-21-12/h2,4-6,8-9,12,18H,1,3,7,10H2,(H,19,20). The SMILES string of the molecule is O=C(Nc1ccc(NCC2CCCO2)c(F)c1)c1ccco1. The monoisotopic (exact) mass is 304 g/mol. The fraction of sp³-hybridized carbons (Fsp3) is 0.312. The number of carbonyl (C=O) groups is 1. The zero-order valence-corrected chi connectivity index (χ0v) is 12.0. The highest BCUT2D eigenvalue weighted by Gasteiger charge is 2.16. The van der Waals surface area contributed by atoms with Crippen LogP contribution in [0.2, 0.25) is 0 Å². The number of anilines is 2. The highest BCUT2D eigenvalue weighted by atomic mass is 19.1. The molecule has 1 aliphatic heterocycles. The minimum atomic E-state index is -0.421. The predicted molar refractivity (Wildman–Crippen MR) is 80.5 cm³/mol. The van der Waals surface area contributed by atoms with Gasteiger partial charge in [0.25, 0.3) is 5.91 Å². The van der Waals surface area contributed by atoms with E-state index >= 15 is 0 Å². The molecule has 2 aromatic rings. The van der Waals surface area contributed by atoms with E-state index in [1.807, 2.05) is 0 Å². The molecule has 2 N–H and O–H groups in total. The summed E-state index contributed by atoms with van der Waals surface area (Å²) in [5.74, 6) is -0.652. The molecule has 1 aromatic carbocycles. The maximum Gasteiger partial charge on any atom is 0.291 e. The van der Waals surface area contributed by atoms with Crippen LogP contribution < -0.4 is 10.6 Å². The van der Waals surface area contributed by atoms with Crippen molar-refractivity contribution in [1.82, 2.24) is 0 Å². The lowest BCUT2D eigenvalue weighted by atomic mass is 10.2. The minimum absolute atomic E-state index is 0.137. The van der Waals surface area contributed by atoms with E-state index < -0.39 is 11.7 Å². The first-order chi connectivity index (χ1) is 10.7. The quantitative estimate of drug-likeness (QED) is 0.890. The molecule has 3 rings (SSSR count). The van der Waals surface area contributed by atoms with Crippen molar-refractivity contribution in [3.8, 4) is 0 Å². The zero-order chi connectivity index (χ0) is 15.4. The number of furan rings is 1. The van der Waals surface area contributed by atoms with Gasteiger partial charge in [0.05, 0.1) is 18.1 Å². The van der Waals surface area contributed by atoms with Gasteiger partial charge in [0.1, 0.15) is 5.82 Å². The van der Waals surface area contributed by atoms with Crippen molar-refractivity contribution in [2.24, 2.45) is 0 Å². The number of benzene rings is 1.